The molecule has 0 radical (unpaired) electrons. The molecule has 0 saturated heterocycles. The molecule has 0 spiro atoms. The maximum absolute atomic E-state index is 12.3. The number of benzene rings is 1. The quantitative estimate of drug-likeness (QED) is 0.769. The predicted molar refractivity (Wildman–Crippen MR) is 86.5 cm³/mol. The summed E-state index contributed by atoms with van der Waals surface area (Å²) in [6.45, 7) is 3.02. The van der Waals surface area contributed by atoms with E-state index in [-0.39, 0.29) is 5.91 Å². The van der Waals surface area contributed by atoms with Crippen LogP contribution in [0.1, 0.15) is 22.6 Å². The van der Waals surface area contributed by atoms with Gasteiger partial charge in [0.25, 0.3) is 5.91 Å². The van der Waals surface area contributed by atoms with Gasteiger partial charge in [0.15, 0.2) is 0 Å². The van der Waals surface area contributed by atoms with Gasteiger partial charge in [0.1, 0.15) is 11.4 Å². The number of rotatable bonds is 6. The molecule has 0 N–H and O–H groups in total. The van der Waals surface area contributed by atoms with E-state index in [2.05, 4.69) is 5.10 Å². The van der Waals surface area contributed by atoms with Crippen molar-refractivity contribution < 1.29 is 9.53 Å². The van der Waals surface area contributed by atoms with Crippen molar-refractivity contribution in [3.05, 3.63) is 46.7 Å². The van der Waals surface area contributed by atoms with E-state index in [0.29, 0.717) is 23.9 Å². The van der Waals surface area contributed by atoms with Crippen LogP contribution in [-0.2, 0) is 7.05 Å². The highest BCUT2D eigenvalue weighted by atomic mass is 35.5. The summed E-state index contributed by atoms with van der Waals surface area (Å²) in [5.41, 5.74) is 1.43. The van der Waals surface area contributed by atoms with Gasteiger partial charge in [-0.15, -0.1) is 0 Å². The van der Waals surface area contributed by atoms with E-state index in [0.717, 1.165) is 17.9 Å². The topological polar surface area (TPSA) is 47.4 Å². The fraction of sp³-hybridized carbons (Fsp3) is 0.375. The zero-order valence-electron chi connectivity index (χ0n) is 13.0. The molecule has 5 nitrogen and oxygen atoms in total. The van der Waals surface area contributed by atoms with Crippen LogP contribution >= 0.6 is 11.6 Å². The van der Waals surface area contributed by atoms with E-state index in [1.165, 1.54) is 0 Å². The number of carbonyl (C=O) groups excluding carboxylic acids is 1. The Balaban J connectivity index is 1.79. The number of carbonyl (C=O) groups is 1. The molecule has 0 bridgehead atoms. The maximum atomic E-state index is 12.3. The molecule has 6 heteroatoms. The van der Waals surface area contributed by atoms with Crippen LogP contribution in [0.15, 0.2) is 30.3 Å². The van der Waals surface area contributed by atoms with Gasteiger partial charge in [-0.3, -0.25) is 9.48 Å². The summed E-state index contributed by atoms with van der Waals surface area (Å²) in [4.78, 5) is 14.0. The molecular formula is C16H20ClN3O2. The Labute approximate surface area is 135 Å². The normalized spacial score (nSPS) is 10.5. The highest BCUT2D eigenvalue weighted by Crippen LogP contribution is 2.17. The Bertz CT molecular complexity index is 655. The maximum Gasteiger partial charge on any atom is 0.271 e. The molecule has 0 aliphatic rings. The summed E-state index contributed by atoms with van der Waals surface area (Å²) in [5, 5.41) is 4.84. The lowest BCUT2D eigenvalue weighted by molar-refractivity contribution is 0.0777. The first-order valence-corrected chi connectivity index (χ1v) is 7.49. The number of halogens is 1. The van der Waals surface area contributed by atoms with Gasteiger partial charge in [0, 0.05) is 25.7 Å². The van der Waals surface area contributed by atoms with Gasteiger partial charge in [0.05, 0.1) is 12.3 Å². The summed E-state index contributed by atoms with van der Waals surface area (Å²) in [6.07, 6.45) is 0.742. The molecule has 0 saturated carbocycles. The summed E-state index contributed by atoms with van der Waals surface area (Å²) < 4.78 is 7.22. The summed E-state index contributed by atoms with van der Waals surface area (Å²) in [7, 11) is 3.56. The van der Waals surface area contributed by atoms with Crippen molar-refractivity contribution in [3.63, 3.8) is 0 Å². The second kappa shape index (κ2) is 7.31. The summed E-state index contributed by atoms with van der Waals surface area (Å²) in [5.74, 6) is 0.703. The van der Waals surface area contributed by atoms with Crippen LogP contribution in [0.3, 0.4) is 0 Å². The first-order chi connectivity index (χ1) is 10.5. The van der Waals surface area contributed by atoms with Gasteiger partial charge >= 0.3 is 0 Å². The number of hydrogen-bond donors (Lipinski definition) is 0. The number of amides is 1. The molecular weight excluding hydrogens is 302 g/mol. The van der Waals surface area contributed by atoms with Crippen molar-refractivity contribution in [2.24, 2.45) is 7.05 Å². The molecule has 0 aliphatic carbocycles. The molecule has 1 aromatic heterocycles. The highest BCUT2D eigenvalue weighted by molar-refractivity contribution is 6.30. The van der Waals surface area contributed by atoms with Crippen LogP contribution in [0, 0.1) is 6.92 Å². The van der Waals surface area contributed by atoms with Crippen LogP contribution in [0.5, 0.6) is 5.75 Å². The largest absolute Gasteiger partial charge is 0.493 e. The minimum Gasteiger partial charge on any atom is -0.493 e. The van der Waals surface area contributed by atoms with E-state index in [4.69, 9.17) is 16.3 Å². The first-order valence-electron chi connectivity index (χ1n) is 7.12. The number of hydrogen-bond acceptors (Lipinski definition) is 3. The first kappa shape index (κ1) is 16.4. The van der Waals surface area contributed by atoms with E-state index >= 15 is 0 Å². The molecule has 0 fully saturated rings. The molecule has 2 rings (SSSR count). The van der Waals surface area contributed by atoms with Crippen molar-refractivity contribution in [3.8, 4) is 5.75 Å². The van der Waals surface area contributed by atoms with E-state index in [1.807, 2.05) is 19.1 Å². The minimum absolute atomic E-state index is 0.0362. The molecule has 0 aliphatic heterocycles. The van der Waals surface area contributed by atoms with Crippen molar-refractivity contribution in [2.45, 2.75) is 13.3 Å². The lowest BCUT2D eigenvalue weighted by Gasteiger charge is -2.17. The van der Waals surface area contributed by atoms with E-state index in [1.54, 1.807) is 41.9 Å². The minimum atomic E-state index is -0.0362. The Morgan fingerprint density at radius 1 is 1.41 bits per heavy atom. The van der Waals surface area contributed by atoms with E-state index < -0.39 is 0 Å². The van der Waals surface area contributed by atoms with Crippen LogP contribution < -0.4 is 4.74 Å². The molecule has 2 aromatic rings. The van der Waals surface area contributed by atoms with Gasteiger partial charge in [-0.05, 0) is 37.6 Å². The third kappa shape index (κ3) is 4.24. The van der Waals surface area contributed by atoms with Crippen molar-refractivity contribution in [2.75, 3.05) is 20.2 Å². The Hall–Kier alpha value is -2.01. The van der Waals surface area contributed by atoms with Crippen LogP contribution in [0.25, 0.3) is 0 Å². The SMILES string of the molecule is Cc1cc(C(=O)N(C)CCCOc2cccc(Cl)c2)n(C)n1. The van der Waals surface area contributed by atoms with Gasteiger partial charge in [0.2, 0.25) is 0 Å². The molecule has 1 aromatic carbocycles. The summed E-state index contributed by atoms with van der Waals surface area (Å²) in [6, 6.07) is 9.07. The van der Waals surface area contributed by atoms with Crippen molar-refractivity contribution in [1.29, 1.82) is 0 Å². The zero-order valence-corrected chi connectivity index (χ0v) is 13.8. The van der Waals surface area contributed by atoms with Gasteiger partial charge < -0.3 is 9.64 Å². The molecule has 22 heavy (non-hydrogen) atoms. The number of aryl methyl sites for hydroxylation is 2. The van der Waals surface area contributed by atoms with Crippen molar-refractivity contribution >= 4 is 17.5 Å². The second-order valence-electron chi connectivity index (χ2n) is 5.18. The second-order valence-corrected chi connectivity index (χ2v) is 5.62. The Morgan fingerprint density at radius 2 is 2.18 bits per heavy atom. The third-order valence-electron chi connectivity index (χ3n) is 3.27. The molecule has 0 unspecified atom stereocenters. The molecule has 118 valence electrons. The van der Waals surface area contributed by atoms with Gasteiger partial charge in [-0.2, -0.15) is 5.10 Å². The fourth-order valence-corrected chi connectivity index (χ4v) is 2.34. The smallest absolute Gasteiger partial charge is 0.271 e. The lowest BCUT2D eigenvalue weighted by atomic mass is 10.3. The van der Waals surface area contributed by atoms with Crippen LogP contribution in [0.4, 0.5) is 0 Å². The monoisotopic (exact) mass is 321 g/mol. The summed E-state index contributed by atoms with van der Waals surface area (Å²) >= 11 is 5.89. The average Bonchev–Trinajstić information content (AvgIpc) is 2.81. The number of nitrogens with zero attached hydrogens (tertiary/aromatic N) is 3. The Morgan fingerprint density at radius 3 is 2.82 bits per heavy atom. The lowest BCUT2D eigenvalue weighted by Crippen LogP contribution is -2.30. The highest BCUT2D eigenvalue weighted by Gasteiger charge is 2.15. The van der Waals surface area contributed by atoms with Gasteiger partial charge in [-0.1, -0.05) is 17.7 Å². The molecule has 1 heterocycles. The fourth-order valence-electron chi connectivity index (χ4n) is 2.16. The standard InChI is InChI=1S/C16H20ClN3O2/c1-12-10-15(20(3)18-12)16(21)19(2)8-5-9-22-14-7-4-6-13(17)11-14/h4,6-7,10-11H,5,8-9H2,1-3H3. The van der Waals surface area contributed by atoms with Gasteiger partial charge in [-0.25, -0.2) is 0 Å². The Kier molecular flexibility index (Phi) is 5.44. The number of aromatic nitrogens is 2. The zero-order chi connectivity index (χ0) is 16.1. The van der Waals surface area contributed by atoms with Crippen molar-refractivity contribution in [1.82, 2.24) is 14.7 Å². The van der Waals surface area contributed by atoms with E-state index in [9.17, 15) is 4.79 Å². The van der Waals surface area contributed by atoms with Crippen LogP contribution in [0.2, 0.25) is 5.02 Å². The molecule has 0 atom stereocenters. The average molecular weight is 322 g/mol. The van der Waals surface area contributed by atoms with Crippen LogP contribution in [-0.4, -0.2) is 40.8 Å². The predicted octanol–water partition coefficient (Wildman–Crippen LogP) is 2.92. The third-order valence-corrected chi connectivity index (χ3v) is 3.51. The molecule has 1 amide bonds. The number of ether oxygens (including phenoxy) is 1.